The van der Waals surface area contributed by atoms with Crippen molar-refractivity contribution in [3.63, 3.8) is 0 Å². The van der Waals surface area contributed by atoms with Crippen LogP contribution < -0.4 is 5.32 Å². The quantitative estimate of drug-likeness (QED) is 0.909. The van der Waals surface area contributed by atoms with Crippen molar-refractivity contribution in [1.29, 1.82) is 0 Å². The highest BCUT2D eigenvalue weighted by molar-refractivity contribution is 5.36. The number of benzene rings is 1. The first-order chi connectivity index (χ1) is 9.28. The van der Waals surface area contributed by atoms with Gasteiger partial charge in [-0.2, -0.15) is 0 Å². The van der Waals surface area contributed by atoms with Gasteiger partial charge in [0.05, 0.1) is 0 Å². The average molecular weight is 255 g/mol. The predicted molar refractivity (Wildman–Crippen MR) is 77.2 cm³/mol. The summed E-state index contributed by atoms with van der Waals surface area (Å²) in [6.07, 6.45) is 8.60. The molecule has 1 heterocycles. The van der Waals surface area contributed by atoms with E-state index in [2.05, 4.69) is 40.1 Å². The number of hydrogen-bond acceptors (Lipinski definition) is 2. The number of likely N-dealkylation sites (N-methyl/N-ethyl adjacent to an activating group) is 1. The normalized spacial score (nSPS) is 15.5. The van der Waals surface area contributed by atoms with Crippen LogP contribution in [0, 0.1) is 0 Å². The van der Waals surface area contributed by atoms with Crippen molar-refractivity contribution in [2.24, 2.45) is 7.05 Å². The summed E-state index contributed by atoms with van der Waals surface area (Å²) in [5, 5.41) is 3.42. The zero-order valence-electron chi connectivity index (χ0n) is 11.7. The largest absolute Gasteiger partial charge is 0.338 e. The fourth-order valence-electron chi connectivity index (χ4n) is 2.97. The molecule has 3 heteroatoms. The Kier molecular flexibility index (Phi) is 3.38. The van der Waals surface area contributed by atoms with E-state index in [4.69, 9.17) is 0 Å². The lowest BCUT2D eigenvalue weighted by molar-refractivity contribution is 0.563. The SMILES string of the molecule is CNC(Cc1nccn1C)c1ccc2c(c1)CCC2. The minimum Gasteiger partial charge on any atom is -0.338 e. The summed E-state index contributed by atoms with van der Waals surface area (Å²) in [6, 6.07) is 7.30. The standard InChI is InChI=1S/C16H21N3/c1-17-15(11-16-18-8-9-19(16)2)14-7-6-12-4-3-5-13(12)10-14/h6-10,15,17H,3-5,11H2,1-2H3. The maximum absolute atomic E-state index is 4.42. The Hall–Kier alpha value is -1.61. The summed E-state index contributed by atoms with van der Waals surface area (Å²) < 4.78 is 2.09. The van der Waals surface area contributed by atoms with Gasteiger partial charge in [-0.3, -0.25) is 0 Å². The van der Waals surface area contributed by atoms with Crippen LogP contribution in [0.3, 0.4) is 0 Å². The first-order valence-corrected chi connectivity index (χ1v) is 7.03. The Labute approximate surface area is 114 Å². The van der Waals surface area contributed by atoms with Crippen molar-refractivity contribution in [2.75, 3.05) is 7.05 Å². The summed E-state index contributed by atoms with van der Waals surface area (Å²) >= 11 is 0. The maximum Gasteiger partial charge on any atom is 0.110 e. The molecule has 1 atom stereocenters. The highest BCUT2D eigenvalue weighted by Crippen LogP contribution is 2.26. The van der Waals surface area contributed by atoms with Gasteiger partial charge >= 0.3 is 0 Å². The van der Waals surface area contributed by atoms with Crippen molar-refractivity contribution in [1.82, 2.24) is 14.9 Å². The van der Waals surface area contributed by atoms with Gasteiger partial charge in [-0.05, 0) is 43.0 Å². The van der Waals surface area contributed by atoms with Crippen molar-refractivity contribution >= 4 is 0 Å². The summed E-state index contributed by atoms with van der Waals surface area (Å²) in [7, 11) is 4.08. The molecule has 1 unspecified atom stereocenters. The van der Waals surface area contributed by atoms with Crippen LogP contribution in [0.1, 0.15) is 35.0 Å². The van der Waals surface area contributed by atoms with Crippen LogP contribution in [-0.4, -0.2) is 16.6 Å². The molecule has 0 spiro atoms. The van der Waals surface area contributed by atoms with Gasteiger partial charge in [0.2, 0.25) is 0 Å². The Morgan fingerprint density at radius 3 is 2.89 bits per heavy atom. The lowest BCUT2D eigenvalue weighted by Crippen LogP contribution is -2.20. The highest BCUT2D eigenvalue weighted by atomic mass is 15.0. The second kappa shape index (κ2) is 5.17. The molecule has 0 radical (unpaired) electrons. The van der Waals surface area contributed by atoms with Crippen LogP contribution in [0.2, 0.25) is 0 Å². The third kappa shape index (κ3) is 2.43. The van der Waals surface area contributed by atoms with Gasteiger partial charge in [0, 0.05) is 31.9 Å². The van der Waals surface area contributed by atoms with Crippen LogP contribution >= 0.6 is 0 Å². The van der Waals surface area contributed by atoms with Crippen molar-refractivity contribution in [3.8, 4) is 0 Å². The molecular formula is C16H21N3. The lowest BCUT2D eigenvalue weighted by Gasteiger charge is -2.17. The minimum atomic E-state index is 0.340. The first kappa shape index (κ1) is 12.4. The van der Waals surface area contributed by atoms with Gasteiger partial charge in [0.25, 0.3) is 0 Å². The molecule has 0 amide bonds. The zero-order valence-corrected chi connectivity index (χ0v) is 11.7. The molecule has 0 saturated heterocycles. The van der Waals surface area contributed by atoms with E-state index in [1.54, 1.807) is 0 Å². The van der Waals surface area contributed by atoms with Gasteiger partial charge in [0.15, 0.2) is 0 Å². The molecule has 1 aliphatic rings. The number of fused-ring (bicyclic) bond motifs is 1. The molecule has 0 saturated carbocycles. The van der Waals surface area contributed by atoms with Gasteiger partial charge < -0.3 is 9.88 Å². The Balaban J connectivity index is 1.84. The van der Waals surface area contributed by atoms with Crippen molar-refractivity contribution < 1.29 is 0 Å². The lowest BCUT2D eigenvalue weighted by atomic mass is 9.99. The van der Waals surface area contributed by atoms with E-state index in [9.17, 15) is 0 Å². The van der Waals surface area contributed by atoms with Crippen LogP contribution in [0.25, 0.3) is 0 Å². The van der Waals surface area contributed by atoms with E-state index in [-0.39, 0.29) is 0 Å². The van der Waals surface area contributed by atoms with Crippen LogP contribution in [0.5, 0.6) is 0 Å². The van der Waals surface area contributed by atoms with Crippen LogP contribution in [-0.2, 0) is 26.3 Å². The second-order valence-electron chi connectivity index (χ2n) is 5.38. The summed E-state index contributed by atoms with van der Waals surface area (Å²) in [6.45, 7) is 0. The number of nitrogens with zero attached hydrogens (tertiary/aromatic N) is 2. The zero-order chi connectivity index (χ0) is 13.2. The average Bonchev–Trinajstić information content (AvgIpc) is 3.04. The Morgan fingerprint density at radius 2 is 2.16 bits per heavy atom. The summed E-state index contributed by atoms with van der Waals surface area (Å²) in [5.41, 5.74) is 4.46. The second-order valence-corrected chi connectivity index (χ2v) is 5.38. The molecule has 19 heavy (non-hydrogen) atoms. The number of imidazole rings is 1. The number of aryl methyl sites for hydroxylation is 3. The van der Waals surface area contributed by atoms with Crippen molar-refractivity contribution in [2.45, 2.75) is 31.7 Å². The fourth-order valence-corrected chi connectivity index (χ4v) is 2.97. The van der Waals surface area contributed by atoms with E-state index in [1.165, 1.54) is 36.0 Å². The molecular weight excluding hydrogens is 234 g/mol. The van der Waals surface area contributed by atoms with Gasteiger partial charge in [-0.25, -0.2) is 4.98 Å². The fraction of sp³-hybridized carbons (Fsp3) is 0.438. The van der Waals surface area contributed by atoms with E-state index < -0.39 is 0 Å². The molecule has 1 aromatic heterocycles. The molecule has 0 bridgehead atoms. The topological polar surface area (TPSA) is 29.9 Å². The molecule has 1 aliphatic carbocycles. The van der Waals surface area contributed by atoms with Gasteiger partial charge in [0.1, 0.15) is 5.82 Å². The molecule has 3 nitrogen and oxygen atoms in total. The third-order valence-electron chi connectivity index (χ3n) is 4.18. The number of hydrogen-bond donors (Lipinski definition) is 1. The molecule has 100 valence electrons. The van der Waals surface area contributed by atoms with Gasteiger partial charge in [-0.1, -0.05) is 18.2 Å². The van der Waals surface area contributed by atoms with Crippen LogP contribution in [0.4, 0.5) is 0 Å². The van der Waals surface area contributed by atoms with E-state index in [0.717, 1.165) is 12.2 Å². The maximum atomic E-state index is 4.42. The summed E-state index contributed by atoms with van der Waals surface area (Å²) in [4.78, 5) is 4.42. The Morgan fingerprint density at radius 1 is 1.32 bits per heavy atom. The monoisotopic (exact) mass is 255 g/mol. The van der Waals surface area contributed by atoms with Crippen LogP contribution in [0.15, 0.2) is 30.6 Å². The third-order valence-corrected chi connectivity index (χ3v) is 4.18. The molecule has 0 fully saturated rings. The first-order valence-electron chi connectivity index (χ1n) is 7.03. The molecule has 1 aromatic carbocycles. The predicted octanol–water partition coefficient (Wildman–Crippen LogP) is 2.41. The number of aromatic nitrogens is 2. The smallest absolute Gasteiger partial charge is 0.110 e. The molecule has 3 rings (SSSR count). The number of rotatable bonds is 4. The molecule has 2 aromatic rings. The van der Waals surface area contributed by atoms with Crippen molar-refractivity contribution in [3.05, 3.63) is 53.1 Å². The van der Waals surface area contributed by atoms with Gasteiger partial charge in [-0.15, -0.1) is 0 Å². The van der Waals surface area contributed by atoms with E-state index >= 15 is 0 Å². The highest BCUT2D eigenvalue weighted by Gasteiger charge is 2.16. The molecule has 1 N–H and O–H groups in total. The number of nitrogens with one attached hydrogen (secondary N) is 1. The van der Waals surface area contributed by atoms with E-state index in [0.29, 0.717) is 6.04 Å². The minimum absolute atomic E-state index is 0.340. The van der Waals surface area contributed by atoms with E-state index in [1.807, 2.05) is 19.4 Å². The molecule has 0 aliphatic heterocycles. The Bertz CT molecular complexity index is 571. The summed E-state index contributed by atoms with van der Waals surface area (Å²) in [5.74, 6) is 1.12.